The molecule has 1 aromatic carbocycles. The van der Waals surface area contributed by atoms with Gasteiger partial charge in [-0.1, -0.05) is 6.07 Å². The highest BCUT2D eigenvalue weighted by atomic mass is 16.5. The van der Waals surface area contributed by atoms with Gasteiger partial charge in [0.2, 0.25) is 0 Å². The summed E-state index contributed by atoms with van der Waals surface area (Å²) in [5, 5.41) is 1.20. The molecule has 0 fully saturated rings. The average molecular weight is 160 g/mol. The lowest BCUT2D eigenvalue weighted by molar-refractivity contribution is 0.135. The highest BCUT2D eigenvalue weighted by Gasteiger charge is 1.97. The minimum atomic E-state index is 0.605. The third-order valence-corrected chi connectivity index (χ3v) is 1.88. The Hall–Kier alpha value is -1.28. The first-order valence-electron chi connectivity index (χ1n) is 3.85. The van der Waals surface area contributed by atoms with Crippen molar-refractivity contribution in [1.29, 1.82) is 0 Å². The number of rotatable bonds is 2. The molecule has 1 heterocycles. The van der Waals surface area contributed by atoms with Gasteiger partial charge in [-0.15, -0.1) is 0 Å². The maximum Gasteiger partial charge on any atom is 0.122 e. The van der Waals surface area contributed by atoms with Gasteiger partial charge in [0, 0.05) is 18.7 Å². The molecule has 2 nitrogen and oxygen atoms in total. The van der Waals surface area contributed by atoms with Crippen LogP contribution in [0, 0.1) is 6.07 Å². The maximum absolute atomic E-state index is 5.05. The normalized spacial score (nSPS) is 10.8. The van der Waals surface area contributed by atoms with Gasteiger partial charge in [0.25, 0.3) is 0 Å². The summed E-state index contributed by atoms with van der Waals surface area (Å²) in [5.41, 5.74) is 1.19. The predicted octanol–water partition coefficient (Wildman–Crippen LogP) is 2.05. The molecule has 0 amide bonds. The van der Waals surface area contributed by atoms with Crippen molar-refractivity contribution >= 4 is 10.9 Å². The van der Waals surface area contributed by atoms with Crippen LogP contribution in [0.2, 0.25) is 0 Å². The van der Waals surface area contributed by atoms with E-state index >= 15 is 0 Å². The van der Waals surface area contributed by atoms with Crippen LogP contribution in [0.15, 0.2) is 30.5 Å². The number of ether oxygens (including phenoxy) is 1. The van der Waals surface area contributed by atoms with Crippen LogP contribution in [0.4, 0.5) is 0 Å². The molecule has 0 unspecified atom stereocenters. The monoisotopic (exact) mass is 160 g/mol. The summed E-state index contributed by atoms with van der Waals surface area (Å²) in [6.45, 7) is 0.605. The van der Waals surface area contributed by atoms with Crippen molar-refractivity contribution in [3.05, 3.63) is 36.5 Å². The number of hydrogen-bond acceptors (Lipinski definition) is 1. The molecule has 2 aromatic rings. The van der Waals surface area contributed by atoms with E-state index in [1.165, 1.54) is 10.9 Å². The Morgan fingerprint density at radius 3 is 3.25 bits per heavy atom. The standard InChI is InChI=1S/C10H10NO/c1-12-8-11-7-6-9-4-2-3-5-10(9)11/h3-7H,8H2,1H3. The smallest absolute Gasteiger partial charge is 0.122 e. The van der Waals surface area contributed by atoms with Gasteiger partial charge in [0.05, 0.1) is 5.52 Å². The Morgan fingerprint density at radius 1 is 1.50 bits per heavy atom. The van der Waals surface area contributed by atoms with Gasteiger partial charge in [-0.25, -0.2) is 0 Å². The second kappa shape index (κ2) is 2.99. The molecule has 1 aromatic heterocycles. The van der Waals surface area contributed by atoms with E-state index in [1.807, 2.05) is 24.4 Å². The van der Waals surface area contributed by atoms with E-state index in [9.17, 15) is 0 Å². The average Bonchev–Trinajstić information content (AvgIpc) is 2.50. The molecular formula is C10H10NO. The van der Waals surface area contributed by atoms with E-state index in [0.29, 0.717) is 6.73 Å². The molecule has 12 heavy (non-hydrogen) atoms. The van der Waals surface area contributed by atoms with Crippen LogP contribution >= 0.6 is 0 Å². The fourth-order valence-electron chi connectivity index (χ4n) is 1.33. The fraction of sp³-hybridized carbons (Fsp3) is 0.200. The third kappa shape index (κ3) is 1.10. The second-order valence-electron chi connectivity index (χ2n) is 2.69. The van der Waals surface area contributed by atoms with Crippen molar-refractivity contribution in [3.8, 4) is 0 Å². The highest BCUT2D eigenvalue weighted by molar-refractivity contribution is 5.79. The van der Waals surface area contributed by atoms with Gasteiger partial charge in [-0.3, -0.25) is 0 Å². The largest absolute Gasteiger partial charge is 0.364 e. The van der Waals surface area contributed by atoms with Crippen LogP contribution in [0.25, 0.3) is 10.9 Å². The minimum absolute atomic E-state index is 0.605. The van der Waals surface area contributed by atoms with E-state index in [2.05, 4.69) is 16.7 Å². The van der Waals surface area contributed by atoms with Gasteiger partial charge < -0.3 is 9.30 Å². The topological polar surface area (TPSA) is 14.2 Å². The van der Waals surface area contributed by atoms with Crippen LogP contribution in [0.1, 0.15) is 0 Å². The molecular weight excluding hydrogens is 150 g/mol. The zero-order valence-corrected chi connectivity index (χ0v) is 6.95. The first kappa shape index (κ1) is 7.37. The van der Waals surface area contributed by atoms with Crippen molar-refractivity contribution in [2.24, 2.45) is 0 Å². The highest BCUT2D eigenvalue weighted by Crippen LogP contribution is 2.14. The minimum Gasteiger partial charge on any atom is -0.364 e. The van der Waals surface area contributed by atoms with Crippen molar-refractivity contribution < 1.29 is 4.74 Å². The molecule has 0 saturated heterocycles. The van der Waals surface area contributed by atoms with Gasteiger partial charge in [-0.05, 0) is 24.3 Å². The molecule has 0 saturated carbocycles. The SMILES string of the molecule is COCn1ccc2c[c]ccc21. The van der Waals surface area contributed by atoms with Gasteiger partial charge in [0.1, 0.15) is 6.73 Å². The molecule has 0 aliphatic carbocycles. The molecule has 0 aliphatic rings. The lowest BCUT2D eigenvalue weighted by atomic mass is 10.2. The van der Waals surface area contributed by atoms with Crippen LogP contribution in [0.3, 0.4) is 0 Å². The van der Waals surface area contributed by atoms with E-state index in [1.54, 1.807) is 7.11 Å². The quantitative estimate of drug-likeness (QED) is 0.655. The van der Waals surface area contributed by atoms with Crippen molar-refractivity contribution in [2.75, 3.05) is 7.11 Å². The molecule has 0 spiro atoms. The van der Waals surface area contributed by atoms with Crippen molar-refractivity contribution in [1.82, 2.24) is 4.57 Å². The van der Waals surface area contributed by atoms with Gasteiger partial charge in [0.15, 0.2) is 0 Å². The van der Waals surface area contributed by atoms with Crippen LogP contribution in [0.5, 0.6) is 0 Å². The number of methoxy groups -OCH3 is 1. The Labute approximate surface area is 71.4 Å². The van der Waals surface area contributed by atoms with E-state index in [-0.39, 0.29) is 0 Å². The number of fused-ring (bicyclic) bond motifs is 1. The summed E-state index contributed by atoms with van der Waals surface area (Å²) in [7, 11) is 1.70. The van der Waals surface area contributed by atoms with E-state index in [0.717, 1.165) is 0 Å². The van der Waals surface area contributed by atoms with Crippen molar-refractivity contribution in [3.63, 3.8) is 0 Å². The maximum atomic E-state index is 5.05. The number of nitrogens with zero attached hydrogens (tertiary/aromatic N) is 1. The summed E-state index contributed by atoms with van der Waals surface area (Å²) < 4.78 is 7.11. The summed E-state index contributed by atoms with van der Waals surface area (Å²) in [5.74, 6) is 0. The first-order chi connectivity index (χ1) is 5.92. The lowest BCUT2D eigenvalue weighted by Crippen LogP contribution is -1.96. The zero-order valence-electron chi connectivity index (χ0n) is 6.95. The first-order valence-corrected chi connectivity index (χ1v) is 3.85. The van der Waals surface area contributed by atoms with Crippen molar-refractivity contribution in [2.45, 2.75) is 6.73 Å². The molecule has 0 atom stereocenters. The number of hydrogen-bond donors (Lipinski definition) is 0. The molecule has 2 heteroatoms. The van der Waals surface area contributed by atoms with Gasteiger partial charge in [-0.2, -0.15) is 0 Å². The number of benzene rings is 1. The van der Waals surface area contributed by atoms with Crippen LogP contribution in [-0.2, 0) is 11.5 Å². The summed E-state index contributed by atoms with van der Waals surface area (Å²) in [6.07, 6.45) is 2.02. The predicted molar refractivity (Wildman–Crippen MR) is 47.8 cm³/mol. The molecule has 0 bridgehead atoms. The Kier molecular flexibility index (Phi) is 1.84. The summed E-state index contributed by atoms with van der Waals surface area (Å²) in [4.78, 5) is 0. The Morgan fingerprint density at radius 2 is 2.42 bits per heavy atom. The lowest BCUT2D eigenvalue weighted by Gasteiger charge is -2.01. The summed E-state index contributed by atoms with van der Waals surface area (Å²) in [6, 6.07) is 11.0. The fourth-order valence-corrected chi connectivity index (χ4v) is 1.33. The Balaban J connectivity index is 2.55. The third-order valence-electron chi connectivity index (χ3n) is 1.88. The number of aromatic nitrogens is 1. The molecule has 1 radical (unpaired) electrons. The van der Waals surface area contributed by atoms with Crippen LogP contribution in [-0.4, -0.2) is 11.7 Å². The Bertz CT molecular complexity index is 378. The van der Waals surface area contributed by atoms with E-state index < -0.39 is 0 Å². The zero-order chi connectivity index (χ0) is 8.39. The second-order valence-corrected chi connectivity index (χ2v) is 2.69. The molecule has 2 rings (SSSR count). The van der Waals surface area contributed by atoms with Crippen LogP contribution < -0.4 is 0 Å². The van der Waals surface area contributed by atoms with E-state index in [4.69, 9.17) is 4.74 Å². The molecule has 61 valence electrons. The summed E-state index contributed by atoms with van der Waals surface area (Å²) >= 11 is 0. The van der Waals surface area contributed by atoms with Gasteiger partial charge >= 0.3 is 0 Å². The molecule has 0 aliphatic heterocycles. The molecule has 0 N–H and O–H groups in total.